The van der Waals surface area contributed by atoms with Crippen molar-refractivity contribution in [2.75, 3.05) is 12.4 Å². The summed E-state index contributed by atoms with van der Waals surface area (Å²) in [5, 5.41) is 11.8. The first kappa shape index (κ1) is 16.5. The first-order valence-corrected chi connectivity index (χ1v) is 6.31. The molecule has 0 spiro atoms. The van der Waals surface area contributed by atoms with E-state index in [0.29, 0.717) is 6.07 Å². The zero-order chi connectivity index (χ0) is 17.4. The fourth-order valence-electron chi connectivity index (χ4n) is 1.87. The third-order valence-corrected chi connectivity index (χ3v) is 2.92. The highest BCUT2D eigenvalue weighted by molar-refractivity contribution is 6.07. The summed E-state index contributed by atoms with van der Waals surface area (Å²) in [6, 6.07) is 0.630. The maximum Gasteiger partial charge on any atom is 0.435 e. The lowest BCUT2D eigenvalue weighted by Crippen LogP contribution is -2.22. The molecule has 11 heteroatoms. The summed E-state index contributed by atoms with van der Waals surface area (Å²) in [7, 11) is 4.14. The number of hydrogen-bond donors (Lipinski definition) is 2. The normalized spacial score (nSPS) is 11.4. The molecule has 23 heavy (non-hydrogen) atoms. The van der Waals surface area contributed by atoms with Crippen LogP contribution in [0.15, 0.2) is 12.3 Å². The fraction of sp³-hybridized carbons (Fsp3) is 0.333. The first-order chi connectivity index (χ1) is 10.6. The van der Waals surface area contributed by atoms with Gasteiger partial charge in [-0.05, 0) is 0 Å². The summed E-state index contributed by atoms with van der Waals surface area (Å²) in [5.74, 6) is -1.38. The van der Waals surface area contributed by atoms with Crippen molar-refractivity contribution in [1.82, 2.24) is 24.9 Å². The van der Waals surface area contributed by atoms with Gasteiger partial charge in [-0.2, -0.15) is 23.4 Å². The van der Waals surface area contributed by atoms with Crippen LogP contribution in [0, 0.1) is 0 Å². The van der Waals surface area contributed by atoms with Crippen molar-refractivity contribution in [2.45, 2.75) is 6.18 Å². The number of aryl methyl sites for hydroxylation is 2. The summed E-state index contributed by atoms with van der Waals surface area (Å²) in [5.41, 5.74) is -1.46. The van der Waals surface area contributed by atoms with Crippen molar-refractivity contribution >= 4 is 17.5 Å². The number of carbonyl (C=O) groups excluding carboxylic acids is 2. The minimum absolute atomic E-state index is 0.0541. The first-order valence-electron chi connectivity index (χ1n) is 6.31. The Balaban J connectivity index is 2.30. The van der Waals surface area contributed by atoms with E-state index >= 15 is 0 Å². The Labute approximate surface area is 128 Å². The molecular weight excluding hydrogens is 317 g/mol. The molecule has 0 fully saturated rings. The van der Waals surface area contributed by atoms with Crippen LogP contribution in [0.4, 0.5) is 18.9 Å². The number of nitrogens with one attached hydrogen (secondary N) is 2. The van der Waals surface area contributed by atoms with E-state index in [1.165, 1.54) is 32.0 Å². The number of amides is 2. The SMILES string of the molecule is CNC(=O)c1nn(C)cc1NC(=O)c1cc(C(F)(F)F)nn1C. The van der Waals surface area contributed by atoms with Gasteiger partial charge in [0.2, 0.25) is 0 Å². The van der Waals surface area contributed by atoms with Crippen LogP contribution in [0.3, 0.4) is 0 Å². The molecule has 0 bridgehead atoms. The van der Waals surface area contributed by atoms with Crippen LogP contribution >= 0.6 is 0 Å². The molecule has 0 aliphatic heterocycles. The number of anilines is 1. The molecule has 0 unspecified atom stereocenters. The van der Waals surface area contributed by atoms with Crippen LogP contribution in [-0.2, 0) is 20.3 Å². The molecule has 2 N–H and O–H groups in total. The molecule has 0 radical (unpaired) electrons. The number of aromatic nitrogens is 4. The van der Waals surface area contributed by atoms with Crippen molar-refractivity contribution in [3.05, 3.63) is 29.3 Å². The van der Waals surface area contributed by atoms with Crippen LogP contribution < -0.4 is 10.6 Å². The molecule has 124 valence electrons. The maximum absolute atomic E-state index is 12.6. The number of rotatable bonds is 3. The molecule has 0 aliphatic carbocycles. The molecule has 2 aromatic heterocycles. The van der Waals surface area contributed by atoms with Gasteiger partial charge in [0, 0.05) is 33.4 Å². The van der Waals surface area contributed by atoms with Crippen LogP contribution in [0.1, 0.15) is 26.7 Å². The highest BCUT2D eigenvalue weighted by Crippen LogP contribution is 2.28. The number of alkyl halides is 3. The fourth-order valence-corrected chi connectivity index (χ4v) is 1.87. The smallest absolute Gasteiger partial charge is 0.354 e. The third kappa shape index (κ3) is 3.33. The van der Waals surface area contributed by atoms with E-state index in [-0.39, 0.29) is 17.1 Å². The second-order valence-corrected chi connectivity index (χ2v) is 4.63. The van der Waals surface area contributed by atoms with Crippen LogP contribution in [0.25, 0.3) is 0 Å². The lowest BCUT2D eigenvalue weighted by molar-refractivity contribution is -0.141. The van der Waals surface area contributed by atoms with E-state index in [4.69, 9.17) is 0 Å². The van der Waals surface area contributed by atoms with Crippen molar-refractivity contribution in [1.29, 1.82) is 0 Å². The minimum Gasteiger partial charge on any atom is -0.354 e. The summed E-state index contributed by atoms with van der Waals surface area (Å²) in [6.07, 6.45) is -3.29. The third-order valence-electron chi connectivity index (χ3n) is 2.92. The van der Waals surface area contributed by atoms with Gasteiger partial charge in [-0.1, -0.05) is 0 Å². The Morgan fingerprint density at radius 3 is 2.35 bits per heavy atom. The molecule has 0 saturated carbocycles. The van der Waals surface area contributed by atoms with E-state index in [1.54, 1.807) is 0 Å². The molecule has 0 saturated heterocycles. The van der Waals surface area contributed by atoms with E-state index < -0.39 is 23.7 Å². The van der Waals surface area contributed by atoms with Gasteiger partial charge in [-0.3, -0.25) is 19.0 Å². The summed E-state index contributed by atoms with van der Waals surface area (Å²) in [6.45, 7) is 0. The Morgan fingerprint density at radius 2 is 1.83 bits per heavy atom. The molecule has 0 atom stereocenters. The molecule has 0 aliphatic rings. The zero-order valence-electron chi connectivity index (χ0n) is 12.4. The Hall–Kier alpha value is -2.85. The number of hydrogen-bond acceptors (Lipinski definition) is 4. The van der Waals surface area contributed by atoms with Crippen LogP contribution in [-0.4, -0.2) is 38.4 Å². The number of nitrogens with zero attached hydrogens (tertiary/aromatic N) is 4. The van der Waals surface area contributed by atoms with Gasteiger partial charge in [-0.15, -0.1) is 0 Å². The second kappa shape index (κ2) is 5.74. The van der Waals surface area contributed by atoms with Crippen molar-refractivity contribution in [3.8, 4) is 0 Å². The monoisotopic (exact) mass is 330 g/mol. The molecule has 2 aromatic rings. The molecule has 2 amide bonds. The predicted octanol–water partition coefficient (Wildman–Crippen LogP) is 0.784. The Bertz CT molecular complexity index is 761. The van der Waals surface area contributed by atoms with Crippen molar-refractivity contribution < 1.29 is 22.8 Å². The molecule has 8 nitrogen and oxygen atoms in total. The molecular formula is C12H13F3N6O2. The average Bonchev–Trinajstić information content (AvgIpc) is 3.00. The van der Waals surface area contributed by atoms with Gasteiger partial charge in [0.15, 0.2) is 11.4 Å². The van der Waals surface area contributed by atoms with Gasteiger partial charge in [0.25, 0.3) is 11.8 Å². The zero-order valence-corrected chi connectivity index (χ0v) is 12.4. The van der Waals surface area contributed by atoms with Crippen LogP contribution in [0.2, 0.25) is 0 Å². The number of carbonyl (C=O) groups is 2. The summed E-state index contributed by atoms with van der Waals surface area (Å²) >= 11 is 0. The van der Waals surface area contributed by atoms with E-state index in [1.807, 2.05) is 0 Å². The quantitative estimate of drug-likeness (QED) is 0.870. The van der Waals surface area contributed by atoms with E-state index in [0.717, 1.165) is 4.68 Å². The van der Waals surface area contributed by atoms with Crippen molar-refractivity contribution in [2.24, 2.45) is 14.1 Å². The summed E-state index contributed by atoms with van der Waals surface area (Å²) in [4.78, 5) is 23.8. The van der Waals surface area contributed by atoms with Gasteiger partial charge >= 0.3 is 6.18 Å². The topological polar surface area (TPSA) is 93.8 Å². The van der Waals surface area contributed by atoms with E-state index in [9.17, 15) is 22.8 Å². The summed E-state index contributed by atoms with van der Waals surface area (Å²) < 4.78 is 40.0. The highest BCUT2D eigenvalue weighted by atomic mass is 19.4. The molecule has 0 aromatic carbocycles. The predicted molar refractivity (Wildman–Crippen MR) is 72.8 cm³/mol. The highest BCUT2D eigenvalue weighted by Gasteiger charge is 2.35. The average molecular weight is 330 g/mol. The lowest BCUT2D eigenvalue weighted by atomic mass is 10.3. The van der Waals surface area contributed by atoms with Gasteiger partial charge in [0.05, 0.1) is 5.69 Å². The number of halogens is 3. The Morgan fingerprint density at radius 1 is 1.17 bits per heavy atom. The van der Waals surface area contributed by atoms with E-state index in [2.05, 4.69) is 20.8 Å². The second-order valence-electron chi connectivity index (χ2n) is 4.63. The lowest BCUT2D eigenvalue weighted by Gasteiger charge is -2.04. The molecule has 2 rings (SSSR count). The standard InChI is InChI=1S/C12H13F3N6O2/c1-16-11(23)9-6(5-20(2)19-9)17-10(22)7-4-8(12(13,14)15)18-21(7)3/h4-5H,1-3H3,(H,16,23)(H,17,22). The van der Waals surface area contributed by atoms with Crippen LogP contribution in [0.5, 0.6) is 0 Å². The minimum atomic E-state index is -4.65. The van der Waals surface area contributed by atoms with Gasteiger partial charge < -0.3 is 10.6 Å². The van der Waals surface area contributed by atoms with Crippen molar-refractivity contribution in [3.63, 3.8) is 0 Å². The van der Waals surface area contributed by atoms with Gasteiger partial charge in [0.1, 0.15) is 5.69 Å². The molecule has 2 heterocycles. The van der Waals surface area contributed by atoms with Gasteiger partial charge in [-0.25, -0.2) is 0 Å². The Kier molecular flexibility index (Phi) is 4.12. The largest absolute Gasteiger partial charge is 0.435 e. The maximum atomic E-state index is 12.6.